The van der Waals surface area contributed by atoms with Gasteiger partial charge in [-0.2, -0.15) is 4.98 Å². The highest BCUT2D eigenvalue weighted by atomic mass is 16.5. The van der Waals surface area contributed by atoms with Crippen LogP contribution in [0.4, 0.5) is 4.79 Å². The maximum Gasteiger partial charge on any atom is 0.407 e. The first kappa shape index (κ1) is 25.2. The molecule has 0 saturated heterocycles. The van der Waals surface area contributed by atoms with Crippen LogP contribution in [0.15, 0.2) is 21.7 Å². The van der Waals surface area contributed by atoms with Crippen LogP contribution in [-0.2, 0) is 18.8 Å². The summed E-state index contributed by atoms with van der Waals surface area (Å²) in [6, 6.07) is -0.269. The number of amides is 1. The lowest BCUT2D eigenvalue weighted by molar-refractivity contribution is 0.166. The summed E-state index contributed by atoms with van der Waals surface area (Å²) in [5.41, 5.74) is 3.61. The normalized spacial score (nSPS) is 16.8. The minimum Gasteiger partial charge on any atom is -0.479 e. The third kappa shape index (κ3) is 4.06. The summed E-state index contributed by atoms with van der Waals surface area (Å²) in [6.07, 6.45) is 5.00. The number of carbonyl (C=O) groups excluding carboxylic acids is 1. The second-order valence-electron chi connectivity index (χ2n) is 9.71. The third-order valence-corrected chi connectivity index (χ3v) is 7.23. The quantitative estimate of drug-likeness (QED) is 0.323. The van der Waals surface area contributed by atoms with Crippen molar-refractivity contribution in [1.29, 1.82) is 0 Å². The molecule has 206 valence electrons. The van der Waals surface area contributed by atoms with Crippen molar-refractivity contribution >= 4 is 28.2 Å². The first-order valence-electron chi connectivity index (χ1n) is 12.7. The van der Waals surface area contributed by atoms with Gasteiger partial charge in [0.15, 0.2) is 0 Å². The lowest BCUT2D eigenvalue weighted by Crippen LogP contribution is -2.33. The lowest BCUT2D eigenvalue weighted by Gasteiger charge is -2.14. The molecule has 2 N–H and O–H groups in total. The number of rotatable bonds is 4. The van der Waals surface area contributed by atoms with Crippen molar-refractivity contribution < 1.29 is 18.8 Å². The zero-order valence-electron chi connectivity index (χ0n) is 22.6. The summed E-state index contributed by atoms with van der Waals surface area (Å²) in [6.45, 7) is 1.69. The molecule has 1 saturated carbocycles. The molecule has 1 aliphatic carbocycles. The number of fused-ring (bicyclic) bond motifs is 3. The van der Waals surface area contributed by atoms with Crippen molar-refractivity contribution in [3.05, 3.63) is 40.2 Å². The molecule has 0 bridgehead atoms. The number of carbonyl (C=O) groups is 1. The Balaban J connectivity index is 1.61. The zero-order valence-corrected chi connectivity index (χ0v) is 22.6. The van der Waals surface area contributed by atoms with Crippen molar-refractivity contribution in [3.8, 4) is 29.0 Å². The molecule has 5 heterocycles. The van der Waals surface area contributed by atoms with Gasteiger partial charge >= 0.3 is 11.8 Å². The minimum atomic E-state index is -0.488. The van der Waals surface area contributed by atoms with E-state index < -0.39 is 6.09 Å². The summed E-state index contributed by atoms with van der Waals surface area (Å²) in [7, 11) is 6.40. The van der Waals surface area contributed by atoms with Crippen molar-refractivity contribution in [3.63, 3.8) is 0 Å². The van der Waals surface area contributed by atoms with Gasteiger partial charge in [-0.1, -0.05) is 5.92 Å². The molecule has 14 nitrogen and oxygen atoms in total. The number of hydrogen-bond donors (Lipinski definition) is 2. The third-order valence-electron chi connectivity index (χ3n) is 7.23. The lowest BCUT2D eigenvalue weighted by atomic mass is 10.1. The number of aryl methyl sites for hydroxylation is 3. The molecule has 0 spiro atoms. The molecule has 0 radical (unpaired) electrons. The average molecular weight is 546 g/mol. The Bertz CT molecular complexity index is 1890. The molecule has 40 heavy (non-hydrogen) atoms. The van der Waals surface area contributed by atoms with Gasteiger partial charge in [-0.05, 0) is 30.3 Å². The van der Waals surface area contributed by atoms with Crippen LogP contribution in [0, 0.1) is 18.8 Å². The van der Waals surface area contributed by atoms with E-state index in [-0.39, 0.29) is 23.6 Å². The van der Waals surface area contributed by atoms with Gasteiger partial charge in [0.1, 0.15) is 5.65 Å². The Labute approximate surface area is 227 Å². The van der Waals surface area contributed by atoms with Crippen LogP contribution in [-0.4, -0.2) is 65.4 Å². The van der Waals surface area contributed by atoms with E-state index in [0.29, 0.717) is 69.9 Å². The maximum atomic E-state index is 13.7. The van der Waals surface area contributed by atoms with Crippen molar-refractivity contribution in [2.45, 2.75) is 38.3 Å². The SMILES string of the molecule is COC(=O)N[C@@H]1CC[C@@H](n2c(=O)n(C)c3cnc4[nH]c(-c5cn(C)nc5OC)c(C#Cc5noc(C)n5)c4c32)C1. The highest BCUT2D eigenvalue weighted by Crippen LogP contribution is 2.39. The van der Waals surface area contributed by atoms with E-state index in [1.807, 2.05) is 6.20 Å². The molecule has 1 aliphatic rings. The van der Waals surface area contributed by atoms with E-state index in [2.05, 4.69) is 42.4 Å². The van der Waals surface area contributed by atoms with Crippen LogP contribution in [0.2, 0.25) is 0 Å². The first-order chi connectivity index (χ1) is 19.3. The Morgan fingerprint density at radius 2 is 2.08 bits per heavy atom. The van der Waals surface area contributed by atoms with Crippen molar-refractivity contribution in [1.82, 2.24) is 44.3 Å². The fraction of sp³-hybridized carbons (Fsp3) is 0.385. The Hall–Kier alpha value is -5.06. The van der Waals surface area contributed by atoms with E-state index in [1.54, 1.807) is 48.1 Å². The van der Waals surface area contributed by atoms with Crippen LogP contribution in [0.5, 0.6) is 5.88 Å². The molecule has 5 aromatic rings. The molecule has 0 aliphatic heterocycles. The molecule has 1 amide bonds. The summed E-state index contributed by atoms with van der Waals surface area (Å²) in [5.74, 6) is 7.23. The number of ether oxygens (including phenoxy) is 2. The number of hydrogen-bond acceptors (Lipinski definition) is 9. The van der Waals surface area contributed by atoms with Crippen LogP contribution in [0.1, 0.15) is 42.6 Å². The number of nitrogens with zero attached hydrogens (tertiary/aromatic N) is 7. The van der Waals surface area contributed by atoms with E-state index >= 15 is 0 Å². The topological polar surface area (TPSA) is 160 Å². The number of pyridine rings is 1. The van der Waals surface area contributed by atoms with Gasteiger partial charge in [-0.15, -0.1) is 5.10 Å². The van der Waals surface area contributed by atoms with Gasteiger partial charge in [-0.3, -0.25) is 13.8 Å². The van der Waals surface area contributed by atoms with E-state index in [4.69, 9.17) is 14.0 Å². The van der Waals surface area contributed by atoms with Crippen molar-refractivity contribution in [2.75, 3.05) is 14.2 Å². The van der Waals surface area contributed by atoms with Crippen LogP contribution < -0.4 is 15.7 Å². The molecular formula is C26H27N9O5. The predicted molar refractivity (Wildman–Crippen MR) is 143 cm³/mol. The first-order valence-corrected chi connectivity index (χ1v) is 12.7. The van der Waals surface area contributed by atoms with Gasteiger partial charge in [0.25, 0.3) is 0 Å². The Morgan fingerprint density at radius 3 is 2.80 bits per heavy atom. The van der Waals surface area contributed by atoms with Crippen LogP contribution >= 0.6 is 0 Å². The van der Waals surface area contributed by atoms with Crippen LogP contribution in [0.25, 0.3) is 33.3 Å². The Kier molecular flexibility index (Phi) is 6.05. The van der Waals surface area contributed by atoms with Gasteiger partial charge in [0, 0.05) is 39.3 Å². The number of alkyl carbamates (subject to hydrolysis) is 1. The molecule has 2 atom stereocenters. The summed E-state index contributed by atoms with van der Waals surface area (Å²) >= 11 is 0. The van der Waals surface area contributed by atoms with Gasteiger partial charge < -0.3 is 24.3 Å². The van der Waals surface area contributed by atoms with Crippen molar-refractivity contribution in [2.24, 2.45) is 14.1 Å². The summed E-state index contributed by atoms with van der Waals surface area (Å²) in [4.78, 5) is 37.7. The standard InChI is InChI=1S/C26H27N9O5/c1-13-28-19(32-40-13)9-8-16-20-22-18(11-27-23(20)30-21(16)17-12-33(2)31-24(17)38-4)34(3)26(37)35(22)15-7-6-14(10-15)29-25(36)39-5/h11-12,14-15H,6-7,10H2,1-5H3,(H,27,30)(H,29,36)/t14-,15-/m1/s1. The second-order valence-corrected chi connectivity index (χ2v) is 9.71. The number of aromatic nitrogens is 8. The second kappa shape index (κ2) is 9.60. The molecule has 1 fully saturated rings. The maximum absolute atomic E-state index is 13.7. The number of methoxy groups -OCH3 is 2. The van der Waals surface area contributed by atoms with Gasteiger partial charge in [-0.25, -0.2) is 14.6 Å². The van der Waals surface area contributed by atoms with E-state index in [0.717, 1.165) is 0 Å². The molecule has 0 unspecified atom stereocenters. The van der Waals surface area contributed by atoms with E-state index in [1.165, 1.54) is 7.11 Å². The summed E-state index contributed by atoms with van der Waals surface area (Å²) in [5, 5.41) is 11.8. The summed E-state index contributed by atoms with van der Waals surface area (Å²) < 4.78 is 20.4. The van der Waals surface area contributed by atoms with Crippen LogP contribution in [0.3, 0.4) is 0 Å². The number of imidazole rings is 1. The van der Waals surface area contributed by atoms with Gasteiger partial charge in [0.05, 0.1) is 53.7 Å². The van der Waals surface area contributed by atoms with Gasteiger partial charge in [0.2, 0.25) is 17.6 Å². The molecule has 0 aromatic carbocycles. The highest BCUT2D eigenvalue weighted by molar-refractivity contribution is 6.08. The highest BCUT2D eigenvalue weighted by Gasteiger charge is 2.32. The number of nitrogens with one attached hydrogen (secondary N) is 2. The minimum absolute atomic E-state index is 0.112. The fourth-order valence-corrected chi connectivity index (χ4v) is 5.45. The number of aromatic amines is 1. The smallest absolute Gasteiger partial charge is 0.407 e. The Morgan fingerprint density at radius 1 is 1.25 bits per heavy atom. The monoisotopic (exact) mass is 545 g/mol. The molecule has 5 aromatic heterocycles. The zero-order chi connectivity index (χ0) is 28.1. The van der Waals surface area contributed by atoms with E-state index in [9.17, 15) is 9.59 Å². The molecule has 6 rings (SSSR count). The molecular weight excluding hydrogens is 518 g/mol. The largest absolute Gasteiger partial charge is 0.479 e. The molecule has 14 heteroatoms. The average Bonchev–Trinajstić information content (AvgIpc) is 3.75. The number of H-pyrrole nitrogens is 1. The predicted octanol–water partition coefficient (Wildman–Crippen LogP) is 2.17. The fourth-order valence-electron chi connectivity index (χ4n) is 5.45.